The molecule has 180 valence electrons. The van der Waals surface area contributed by atoms with E-state index in [1.807, 2.05) is 66.1 Å². The number of carbonyl (C=O) groups is 1. The van der Waals surface area contributed by atoms with Crippen molar-refractivity contribution in [1.82, 2.24) is 14.8 Å². The molecular formula is C25H22F2N4O3S. The molecule has 1 heterocycles. The maximum Gasteiger partial charge on any atom is 0.387 e. The number of amides is 1. The molecule has 0 bridgehead atoms. The molecule has 0 atom stereocenters. The van der Waals surface area contributed by atoms with Gasteiger partial charge in [-0.1, -0.05) is 48.2 Å². The molecule has 0 fully saturated rings. The van der Waals surface area contributed by atoms with Crippen molar-refractivity contribution in [2.75, 3.05) is 11.1 Å². The lowest BCUT2D eigenvalue weighted by Gasteiger charge is -2.12. The van der Waals surface area contributed by atoms with E-state index in [2.05, 4.69) is 20.3 Å². The average Bonchev–Trinajstić information content (AvgIpc) is 3.26. The second-order valence-electron chi connectivity index (χ2n) is 7.36. The molecule has 4 rings (SSSR count). The minimum absolute atomic E-state index is 0.0174. The topological polar surface area (TPSA) is 78.3 Å². The van der Waals surface area contributed by atoms with Crippen molar-refractivity contribution in [3.8, 4) is 17.2 Å². The van der Waals surface area contributed by atoms with E-state index in [0.29, 0.717) is 16.7 Å². The summed E-state index contributed by atoms with van der Waals surface area (Å²) in [4.78, 5) is 12.5. The fourth-order valence-corrected chi connectivity index (χ4v) is 4.00. The smallest absolute Gasteiger partial charge is 0.387 e. The molecule has 10 heteroatoms. The maximum atomic E-state index is 12.5. The Hall–Kier alpha value is -3.92. The number of ether oxygens (including phenoxy) is 2. The Morgan fingerprint density at radius 1 is 1.00 bits per heavy atom. The Morgan fingerprint density at radius 2 is 1.71 bits per heavy atom. The van der Waals surface area contributed by atoms with Crippen molar-refractivity contribution in [3.05, 3.63) is 90.3 Å². The fourth-order valence-electron chi connectivity index (χ4n) is 3.23. The van der Waals surface area contributed by atoms with Gasteiger partial charge in [0.15, 0.2) is 11.0 Å². The molecule has 0 aliphatic carbocycles. The highest BCUT2D eigenvalue weighted by Crippen LogP contribution is 2.25. The minimum Gasteiger partial charge on any atom is -0.485 e. The third-order valence-electron chi connectivity index (χ3n) is 4.86. The van der Waals surface area contributed by atoms with E-state index in [1.54, 1.807) is 0 Å². The van der Waals surface area contributed by atoms with Gasteiger partial charge < -0.3 is 14.8 Å². The first-order valence-corrected chi connectivity index (χ1v) is 11.6. The van der Waals surface area contributed by atoms with Gasteiger partial charge in [0.1, 0.15) is 18.1 Å². The number of nitrogens with zero attached hydrogens (tertiary/aromatic N) is 3. The van der Waals surface area contributed by atoms with Gasteiger partial charge in [-0.15, -0.1) is 10.2 Å². The first kappa shape index (κ1) is 24.2. The lowest BCUT2D eigenvalue weighted by atomic mass is 10.2. The van der Waals surface area contributed by atoms with Gasteiger partial charge in [0.25, 0.3) is 0 Å². The van der Waals surface area contributed by atoms with Gasteiger partial charge in [-0.05, 0) is 55.0 Å². The normalized spacial score (nSPS) is 10.9. The number of hydrogen-bond acceptors (Lipinski definition) is 6. The fraction of sp³-hybridized carbons (Fsp3) is 0.160. The SMILES string of the molecule is Cc1ccccc1OCc1nnc(SCC(=O)Nc2ccc(OC(F)F)cc2)n1-c1ccccc1. The summed E-state index contributed by atoms with van der Waals surface area (Å²) >= 11 is 1.22. The molecular weight excluding hydrogens is 474 g/mol. The summed E-state index contributed by atoms with van der Waals surface area (Å²) in [5.41, 5.74) is 2.32. The lowest BCUT2D eigenvalue weighted by Crippen LogP contribution is -2.15. The largest absolute Gasteiger partial charge is 0.485 e. The molecule has 7 nitrogen and oxygen atoms in total. The van der Waals surface area contributed by atoms with Crippen molar-refractivity contribution >= 4 is 23.4 Å². The highest BCUT2D eigenvalue weighted by molar-refractivity contribution is 7.99. The van der Waals surface area contributed by atoms with Crippen LogP contribution in [0.25, 0.3) is 5.69 Å². The van der Waals surface area contributed by atoms with E-state index in [-0.39, 0.29) is 24.0 Å². The van der Waals surface area contributed by atoms with Gasteiger partial charge >= 0.3 is 6.61 Å². The molecule has 0 aliphatic heterocycles. The predicted molar refractivity (Wildman–Crippen MR) is 129 cm³/mol. The quantitative estimate of drug-likeness (QED) is 0.293. The van der Waals surface area contributed by atoms with Crippen LogP contribution in [0.4, 0.5) is 14.5 Å². The van der Waals surface area contributed by atoms with Crippen LogP contribution in [0, 0.1) is 6.92 Å². The van der Waals surface area contributed by atoms with Crippen molar-refractivity contribution in [2.24, 2.45) is 0 Å². The molecule has 0 aliphatic rings. The lowest BCUT2D eigenvalue weighted by molar-refractivity contribution is -0.113. The number of thioether (sulfide) groups is 1. The van der Waals surface area contributed by atoms with E-state index in [1.165, 1.54) is 36.0 Å². The summed E-state index contributed by atoms with van der Waals surface area (Å²) in [5, 5.41) is 11.8. The van der Waals surface area contributed by atoms with Gasteiger partial charge in [0.2, 0.25) is 5.91 Å². The summed E-state index contributed by atoms with van der Waals surface area (Å²) in [6.45, 7) is -0.732. The van der Waals surface area contributed by atoms with Gasteiger partial charge in [-0.25, -0.2) is 0 Å². The molecule has 0 radical (unpaired) electrons. The van der Waals surface area contributed by atoms with Crippen LogP contribution < -0.4 is 14.8 Å². The summed E-state index contributed by atoms with van der Waals surface area (Å²) < 4.78 is 36.7. The number of carbonyl (C=O) groups excluding carboxylic acids is 1. The molecule has 0 saturated carbocycles. The van der Waals surface area contributed by atoms with E-state index in [9.17, 15) is 13.6 Å². The third-order valence-corrected chi connectivity index (χ3v) is 5.79. The molecule has 1 aromatic heterocycles. The number of rotatable bonds is 10. The number of hydrogen-bond donors (Lipinski definition) is 1. The van der Waals surface area contributed by atoms with Crippen LogP contribution in [0.15, 0.2) is 84.0 Å². The van der Waals surface area contributed by atoms with Gasteiger partial charge in [-0.2, -0.15) is 8.78 Å². The van der Waals surface area contributed by atoms with Gasteiger partial charge in [-0.3, -0.25) is 9.36 Å². The van der Waals surface area contributed by atoms with E-state index < -0.39 is 6.61 Å². The van der Waals surface area contributed by atoms with Gasteiger partial charge in [0, 0.05) is 11.4 Å². The number of halogens is 2. The van der Waals surface area contributed by atoms with Crippen molar-refractivity contribution in [2.45, 2.75) is 25.3 Å². The van der Waals surface area contributed by atoms with E-state index >= 15 is 0 Å². The molecule has 3 aromatic carbocycles. The number of aryl methyl sites for hydroxylation is 1. The number of nitrogens with one attached hydrogen (secondary N) is 1. The predicted octanol–water partition coefficient (Wildman–Crippen LogP) is 5.49. The van der Waals surface area contributed by atoms with Crippen LogP contribution >= 0.6 is 11.8 Å². The zero-order valence-electron chi connectivity index (χ0n) is 18.7. The molecule has 0 spiro atoms. The summed E-state index contributed by atoms with van der Waals surface area (Å²) in [7, 11) is 0. The highest BCUT2D eigenvalue weighted by Gasteiger charge is 2.17. The molecule has 4 aromatic rings. The monoisotopic (exact) mass is 496 g/mol. The Balaban J connectivity index is 1.44. The Labute approximate surface area is 205 Å². The number of aromatic nitrogens is 3. The summed E-state index contributed by atoms with van der Waals surface area (Å²) in [5.74, 6) is 1.16. The number of para-hydroxylation sites is 2. The summed E-state index contributed by atoms with van der Waals surface area (Å²) in [6.07, 6.45) is 0. The van der Waals surface area contributed by atoms with Crippen molar-refractivity contribution < 1.29 is 23.0 Å². The first-order chi connectivity index (χ1) is 17.0. The van der Waals surface area contributed by atoms with Crippen LogP contribution in [0.5, 0.6) is 11.5 Å². The van der Waals surface area contributed by atoms with Crippen molar-refractivity contribution in [1.29, 1.82) is 0 Å². The van der Waals surface area contributed by atoms with Crippen LogP contribution in [0.3, 0.4) is 0 Å². The standard InChI is InChI=1S/C25H22F2N4O3S/c1-17-7-5-6-10-21(17)33-15-22-29-30-25(31(22)19-8-3-2-4-9-19)35-16-23(32)28-18-11-13-20(14-12-18)34-24(26)27/h2-14,24H,15-16H2,1H3,(H,28,32). The maximum absolute atomic E-state index is 12.5. The number of alkyl halides is 2. The first-order valence-electron chi connectivity index (χ1n) is 10.7. The van der Waals surface area contributed by atoms with Crippen LogP contribution in [0.1, 0.15) is 11.4 Å². The molecule has 0 saturated heterocycles. The molecule has 35 heavy (non-hydrogen) atoms. The Bertz CT molecular complexity index is 1270. The Kier molecular flexibility index (Phi) is 7.94. The molecule has 0 unspecified atom stereocenters. The van der Waals surface area contributed by atoms with Gasteiger partial charge in [0.05, 0.1) is 5.75 Å². The average molecular weight is 497 g/mol. The zero-order chi connectivity index (χ0) is 24.6. The van der Waals surface area contributed by atoms with Crippen molar-refractivity contribution in [3.63, 3.8) is 0 Å². The second kappa shape index (κ2) is 11.5. The number of anilines is 1. The Morgan fingerprint density at radius 3 is 2.43 bits per heavy atom. The van der Waals surface area contributed by atoms with E-state index in [0.717, 1.165) is 17.0 Å². The van der Waals surface area contributed by atoms with Crippen LogP contribution in [-0.4, -0.2) is 33.0 Å². The van der Waals surface area contributed by atoms with E-state index in [4.69, 9.17) is 4.74 Å². The minimum atomic E-state index is -2.90. The molecule has 1 N–H and O–H groups in total. The molecule has 1 amide bonds. The van der Waals surface area contributed by atoms with Crippen LogP contribution in [0.2, 0.25) is 0 Å². The highest BCUT2D eigenvalue weighted by atomic mass is 32.2. The zero-order valence-corrected chi connectivity index (χ0v) is 19.5. The number of benzene rings is 3. The summed E-state index contributed by atoms with van der Waals surface area (Å²) in [6, 6.07) is 23.0. The third kappa shape index (κ3) is 6.57. The second-order valence-corrected chi connectivity index (χ2v) is 8.31. The van der Waals surface area contributed by atoms with Crippen LogP contribution in [-0.2, 0) is 11.4 Å².